The summed E-state index contributed by atoms with van der Waals surface area (Å²) in [5.41, 5.74) is 9.05. The van der Waals surface area contributed by atoms with Crippen molar-refractivity contribution in [2.24, 2.45) is 0 Å². The molecule has 1 aliphatic heterocycles. The van der Waals surface area contributed by atoms with Crippen molar-refractivity contribution in [1.82, 2.24) is 4.49 Å². The van der Waals surface area contributed by atoms with E-state index < -0.39 is 23.3 Å². The third kappa shape index (κ3) is 8.42. The number of alkyl halides is 3. The van der Waals surface area contributed by atoms with Gasteiger partial charge in [-0.3, -0.25) is 0 Å². The molecule has 6 nitrogen and oxygen atoms in total. The van der Waals surface area contributed by atoms with Gasteiger partial charge in [0.25, 0.3) is 0 Å². The Labute approximate surface area is 368 Å². The molecule has 0 aromatic heterocycles. The van der Waals surface area contributed by atoms with Gasteiger partial charge in [-0.1, -0.05) is 112 Å². The molecule has 2 aliphatic carbocycles. The van der Waals surface area contributed by atoms with Crippen LogP contribution >= 0.6 is 7.75 Å². The number of halogens is 3. The van der Waals surface area contributed by atoms with Gasteiger partial charge in [-0.05, 0) is 166 Å². The van der Waals surface area contributed by atoms with Gasteiger partial charge in [-0.15, -0.1) is 0 Å². The number of fused-ring (bicyclic) bond motifs is 7. The van der Waals surface area contributed by atoms with E-state index in [1.807, 2.05) is 0 Å². The molecule has 3 aliphatic rings. The van der Waals surface area contributed by atoms with Gasteiger partial charge in [-0.25, -0.2) is 13.0 Å². The van der Waals surface area contributed by atoms with Crippen LogP contribution in [0.5, 0.6) is 11.5 Å². The lowest BCUT2D eigenvalue weighted by atomic mass is 9.74. The highest BCUT2D eigenvalue weighted by Crippen LogP contribution is 2.64. The van der Waals surface area contributed by atoms with E-state index >= 15 is 4.57 Å². The van der Waals surface area contributed by atoms with Crippen LogP contribution in [0.1, 0.15) is 200 Å². The summed E-state index contributed by atoms with van der Waals surface area (Å²) in [6, 6.07) is 13.0. The molecule has 11 heteroatoms. The normalized spacial score (nSPS) is 16.3. The fourth-order valence-electron chi connectivity index (χ4n) is 9.89. The van der Waals surface area contributed by atoms with E-state index in [9.17, 15) is 21.6 Å². The van der Waals surface area contributed by atoms with Gasteiger partial charge in [0.1, 0.15) is 11.5 Å². The summed E-state index contributed by atoms with van der Waals surface area (Å²) in [7, 11) is -11.7. The molecule has 0 bridgehead atoms. The van der Waals surface area contributed by atoms with E-state index in [-0.39, 0.29) is 47.0 Å². The van der Waals surface area contributed by atoms with Gasteiger partial charge in [0.05, 0.1) is 0 Å². The first-order valence-corrected chi connectivity index (χ1v) is 25.8. The Bertz CT molecular complexity index is 2360. The predicted molar refractivity (Wildman–Crippen MR) is 248 cm³/mol. The molecule has 0 unspecified atom stereocenters. The fraction of sp³-hybridized carbons (Fsp3) is 0.529. The van der Waals surface area contributed by atoms with Crippen molar-refractivity contribution in [3.63, 3.8) is 0 Å². The zero-order chi connectivity index (χ0) is 45.4. The topological polar surface area (TPSA) is 81.7 Å². The number of sulfonamides is 1. The maximum atomic E-state index is 15.7. The van der Waals surface area contributed by atoms with Crippen molar-refractivity contribution < 1.29 is 35.2 Å². The highest BCUT2D eigenvalue weighted by molar-refractivity contribution is 7.95. The summed E-state index contributed by atoms with van der Waals surface area (Å²) in [6.07, 6.45) is 6.53. The Morgan fingerprint density at radius 1 is 0.516 bits per heavy atom. The monoisotopic (exact) mass is 891 g/mol. The summed E-state index contributed by atoms with van der Waals surface area (Å²) in [5, 5.41) is 0. The average molecular weight is 892 g/mol. The zero-order valence-electron chi connectivity index (χ0n) is 38.6. The number of hydrogen-bond acceptors (Lipinski definition) is 5. The number of nitrogens with one attached hydrogen (secondary N) is 1. The first-order chi connectivity index (χ1) is 28.9. The van der Waals surface area contributed by atoms with Gasteiger partial charge in [0.15, 0.2) is 0 Å². The quantitative estimate of drug-likeness (QED) is 0.160. The summed E-state index contributed by atoms with van der Waals surface area (Å²) in [4.78, 5) is 0. The molecule has 0 saturated carbocycles. The van der Waals surface area contributed by atoms with Crippen LogP contribution in [0.2, 0.25) is 0 Å². The van der Waals surface area contributed by atoms with Gasteiger partial charge >= 0.3 is 23.3 Å². The molecular weight excluding hydrogens is 827 g/mol. The molecule has 0 radical (unpaired) electrons. The molecule has 7 rings (SSSR count). The predicted octanol–water partition coefficient (Wildman–Crippen LogP) is 15.5. The first-order valence-electron chi connectivity index (χ1n) is 22.8. The van der Waals surface area contributed by atoms with E-state index in [0.717, 1.165) is 105 Å². The minimum absolute atomic E-state index is 0.0230. The number of rotatable bonds is 10. The molecule has 1 heterocycles. The van der Waals surface area contributed by atoms with Crippen LogP contribution in [0.15, 0.2) is 36.4 Å². The van der Waals surface area contributed by atoms with Gasteiger partial charge in [0, 0.05) is 22.3 Å². The highest BCUT2D eigenvalue weighted by Gasteiger charge is 2.53. The lowest BCUT2D eigenvalue weighted by molar-refractivity contribution is -0.0443. The molecule has 0 amide bonds. The molecule has 0 atom stereocenters. The van der Waals surface area contributed by atoms with Crippen LogP contribution in [-0.2, 0) is 40.3 Å². The second-order valence-electron chi connectivity index (χ2n) is 19.7. The van der Waals surface area contributed by atoms with Crippen LogP contribution in [0.3, 0.4) is 0 Å². The number of hydrogen-bond donors (Lipinski definition) is 1. The largest absolute Gasteiger partial charge is 0.526 e. The second-order valence-corrected chi connectivity index (χ2v) is 23.3. The van der Waals surface area contributed by atoms with Gasteiger partial charge in [0.2, 0.25) is 0 Å². The average Bonchev–Trinajstić information content (AvgIpc) is 3.32. The van der Waals surface area contributed by atoms with Crippen LogP contribution in [0.4, 0.5) is 13.2 Å². The lowest BCUT2D eigenvalue weighted by Crippen LogP contribution is -2.36. The fourth-order valence-corrected chi connectivity index (χ4v) is 12.7. The van der Waals surface area contributed by atoms with Crippen molar-refractivity contribution in [1.29, 1.82) is 0 Å². The van der Waals surface area contributed by atoms with Crippen molar-refractivity contribution in [2.45, 2.75) is 175 Å². The van der Waals surface area contributed by atoms with Crippen molar-refractivity contribution in [3.8, 4) is 44.9 Å². The molecule has 0 spiro atoms. The lowest BCUT2D eigenvalue weighted by Gasteiger charge is -2.30. The number of aryl methyl sites for hydroxylation is 2. The third-order valence-electron chi connectivity index (χ3n) is 13.2. The third-order valence-corrected chi connectivity index (χ3v) is 16.5. The molecule has 336 valence electrons. The Morgan fingerprint density at radius 2 is 0.839 bits per heavy atom. The van der Waals surface area contributed by atoms with Crippen LogP contribution in [-0.4, -0.2) is 13.9 Å². The molecule has 1 N–H and O–H groups in total. The Hall–Kier alpha value is -3.59. The van der Waals surface area contributed by atoms with Gasteiger partial charge < -0.3 is 9.05 Å². The minimum atomic E-state index is -6.25. The Balaban J connectivity index is 1.74. The van der Waals surface area contributed by atoms with Crippen LogP contribution < -0.4 is 13.5 Å². The Morgan fingerprint density at radius 3 is 1.13 bits per heavy atom. The van der Waals surface area contributed by atoms with Crippen LogP contribution in [0, 0.1) is 0 Å². The molecule has 4 aromatic rings. The molecule has 0 saturated heterocycles. The molecule has 0 fully saturated rings. The van der Waals surface area contributed by atoms with E-state index in [4.69, 9.17) is 9.05 Å². The van der Waals surface area contributed by atoms with E-state index in [1.165, 1.54) is 4.49 Å². The summed E-state index contributed by atoms with van der Waals surface area (Å²) in [6.45, 7) is 25.6. The standard InChI is InChI=1S/C51H65F3NO5PS/c1-27(2)35-23-39(29(5)6)45(40(24-35)30(7)8)43-21-33-17-13-15-19-37(33)47-48-38-20-16-14-18-34(38)22-44(46-41(31(9)10)25-36(28(3)4)26-42(46)32(11)12)50(48)60-61(56,59-49(43)47)55-62(57,58)51(52,53)54/h21-32H,13-20H2,1-12H3,(H,55,56). The Kier molecular flexibility index (Phi) is 12.8. The highest BCUT2D eigenvalue weighted by atomic mass is 32.2. The van der Waals surface area contributed by atoms with E-state index in [0.29, 0.717) is 35.1 Å². The van der Waals surface area contributed by atoms with E-state index in [2.05, 4.69) is 119 Å². The smallest absolute Gasteiger partial charge is 0.403 e. The first kappa shape index (κ1) is 46.4. The number of benzene rings is 4. The second kappa shape index (κ2) is 17.1. The van der Waals surface area contributed by atoms with Crippen molar-refractivity contribution >= 4 is 17.8 Å². The van der Waals surface area contributed by atoms with E-state index in [1.54, 1.807) is 0 Å². The SMILES string of the molecule is CC(C)c1cc(C(C)C)c(-c2cc3c(c4c2OP(=O)(NS(=O)(=O)C(F)(F)F)Oc2c(-c5c(C(C)C)cc(C(C)C)cc5C(C)C)cc5c(c2-4)CCCC5)CCCC3)c(C(C)C)c1. The zero-order valence-corrected chi connectivity index (χ0v) is 40.3. The maximum Gasteiger partial charge on any atom is 0.526 e. The molecule has 4 aromatic carbocycles. The van der Waals surface area contributed by atoms with Crippen LogP contribution in [0.25, 0.3) is 33.4 Å². The maximum absolute atomic E-state index is 15.7. The summed E-state index contributed by atoms with van der Waals surface area (Å²) in [5.74, 6) is 0.742. The van der Waals surface area contributed by atoms with Crippen molar-refractivity contribution in [3.05, 3.63) is 92.0 Å². The van der Waals surface area contributed by atoms with Crippen molar-refractivity contribution in [2.75, 3.05) is 0 Å². The summed E-state index contributed by atoms with van der Waals surface area (Å²) >= 11 is 0. The molecular formula is C51H65F3NO5PS. The molecule has 62 heavy (non-hydrogen) atoms. The minimum Gasteiger partial charge on any atom is -0.403 e. The van der Waals surface area contributed by atoms with Gasteiger partial charge in [-0.2, -0.15) is 13.2 Å². The summed E-state index contributed by atoms with van der Waals surface area (Å²) < 4.78 is 100.